The summed E-state index contributed by atoms with van der Waals surface area (Å²) in [5.74, 6) is 4.54. The van der Waals surface area contributed by atoms with Gasteiger partial charge in [0.1, 0.15) is 17.6 Å². The molecule has 0 aromatic heterocycles. The molecule has 1 heterocycles. The summed E-state index contributed by atoms with van der Waals surface area (Å²) in [5.41, 5.74) is 7.46. The lowest BCUT2D eigenvalue weighted by Gasteiger charge is -2.59. The van der Waals surface area contributed by atoms with Crippen molar-refractivity contribution in [3.8, 4) is 0 Å². The molecule has 0 atom stereocenters. The summed E-state index contributed by atoms with van der Waals surface area (Å²) in [7, 11) is 0. The van der Waals surface area contributed by atoms with E-state index in [2.05, 4.69) is 80.9 Å². The molecular weight excluding hydrogens is 362 g/mol. The Labute approximate surface area is 182 Å². The lowest BCUT2D eigenvalue weighted by atomic mass is 9.44. The molecule has 7 rings (SSSR count). The van der Waals surface area contributed by atoms with Crippen LogP contribution in [0.3, 0.4) is 0 Å². The monoisotopic (exact) mass is 397 g/mol. The first-order valence-electron chi connectivity index (χ1n) is 12.3. The van der Waals surface area contributed by atoms with E-state index in [1.54, 1.807) is 5.56 Å². The molecular formula is C29H35N. The van der Waals surface area contributed by atoms with Gasteiger partial charge in [0.25, 0.3) is 0 Å². The summed E-state index contributed by atoms with van der Waals surface area (Å²) in [4.78, 5) is 0. The van der Waals surface area contributed by atoms with Crippen LogP contribution in [0.2, 0.25) is 0 Å². The van der Waals surface area contributed by atoms with E-state index in [4.69, 9.17) is 0 Å². The Morgan fingerprint density at radius 3 is 1.90 bits per heavy atom. The quantitative estimate of drug-likeness (QED) is 0.374. The van der Waals surface area contributed by atoms with Crippen molar-refractivity contribution >= 4 is 17.6 Å². The number of para-hydroxylation sites is 2. The van der Waals surface area contributed by atoms with Crippen molar-refractivity contribution < 1.29 is 0 Å². The predicted molar refractivity (Wildman–Crippen MR) is 126 cm³/mol. The molecule has 1 heteroatoms. The van der Waals surface area contributed by atoms with Crippen LogP contribution in [0.1, 0.15) is 88.3 Å². The third-order valence-corrected chi connectivity index (χ3v) is 8.88. The molecule has 4 saturated carbocycles. The zero-order valence-corrected chi connectivity index (χ0v) is 19.0. The number of nitrogens with zero attached hydrogens (tertiary/aromatic N) is 1. The van der Waals surface area contributed by atoms with Gasteiger partial charge in [0.2, 0.25) is 0 Å². The largest absolute Gasteiger partial charge is 0.323 e. The van der Waals surface area contributed by atoms with Crippen molar-refractivity contribution in [2.75, 3.05) is 0 Å². The number of fused-ring (bicyclic) bond motifs is 1. The minimum atomic E-state index is 0.141. The SMILES string of the molecule is CC(C)c1cccc(C(C)C)c1[N+]1=[C-]C2(c3ccccc31)C1CC3CC(C1)CC2C3. The van der Waals surface area contributed by atoms with Gasteiger partial charge in [-0.15, -0.1) is 0 Å². The Balaban J connectivity index is 1.61. The van der Waals surface area contributed by atoms with Crippen LogP contribution in [0.15, 0.2) is 42.5 Å². The van der Waals surface area contributed by atoms with Crippen molar-refractivity contribution in [1.29, 1.82) is 0 Å². The highest BCUT2D eigenvalue weighted by Crippen LogP contribution is 2.64. The molecule has 4 fully saturated rings. The zero-order valence-electron chi connectivity index (χ0n) is 19.0. The van der Waals surface area contributed by atoms with Gasteiger partial charge in [-0.25, -0.2) is 0 Å². The average Bonchev–Trinajstić information content (AvgIpc) is 3.07. The van der Waals surface area contributed by atoms with E-state index < -0.39 is 0 Å². The van der Waals surface area contributed by atoms with Crippen molar-refractivity contribution in [3.05, 3.63) is 59.2 Å². The van der Waals surface area contributed by atoms with Crippen molar-refractivity contribution in [3.63, 3.8) is 0 Å². The summed E-state index contributed by atoms with van der Waals surface area (Å²) in [5, 5.41) is 0. The fourth-order valence-corrected chi connectivity index (χ4v) is 7.82. The molecule has 1 nitrogen and oxygen atoms in total. The Morgan fingerprint density at radius 1 is 0.767 bits per heavy atom. The van der Waals surface area contributed by atoms with Crippen LogP contribution in [-0.2, 0) is 5.41 Å². The van der Waals surface area contributed by atoms with Gasteiger partial charge in [-0.1, -0.05) is 64.1 Å². The molecule has 0 unspecified atom stereocenters. The van der Waals surface area contributed by atoms with Crippen LogP contribution in [0.4, 0.5) is 11.4 Å². The Hall–Kier alpha value is -1.89. The third kappa shape index (κ3) is 2.44. The number of benzene rings is 2. The van der Waals surface area contributed by atoms with E-state index in [1.165, 1.54) is 54.6 Å². The molecule has 4 aliphatic carbocycles. The Kier molecular flexibility index (Phi) is 4.12. The zero-order chi connectivity index (χ0) is 20.6. The van der Waals surface area contributed by atoms with E-state index in [9.17, 15) is 0 Å². The first-order chi connectivity index (χ1) is 14.5. The molecule has 2 aromatic carbocycles. The molecule has 0 N–H and O–H groups in total. The van der Waals surface area contributed by atoms with E-state index >= 15 is 0 Å². The molecule has 5 aliphatic rings. The van der Waals surface area contributed by atoms with Crippen LogP contribution in [0.5, 0.6) is 0 Å². The van der Waals surface area contributed by atoms with E-state index in [-0.39, 0.29) is 5.41 Å². The Bertz CT molecular complexity index is 970. The molecule has 1 aliphatic heterocycles. The standard InChI is InChI=1S/C29H35N/c1-18(2)24-8-7-9-25(19(3)4)28(24)30-17-29(26-10-5-6-11-27(26)30)22-13-20-12-21(15-22)16-23(29)14-20/h5-11,18-23H,12-16H2,1-4H3. The molecule has 1 spiro atoms. The molecule has 0 amide bonds. The van der Waals surface area contributed by atoms with Gasteiger partial charge in [-0.3, -0.25) is 0 Å². The lowest BCUT2D eigenvalue weighted by molar-refractivity contribution is -0.0258. The van der Waals surface area contributed by atoms with Gasteiger partial charge < -0.3 is 4.58 Å². The summed E-state index contributed by atoms with van der Waals surface area (Å²) >= 11 is 0. The van der Waals surface area contributed by atoms with E-state index in [0.29, 0.717) is 11.8 Å². The molecule has 4 bridgehead atoms. The fourth-order valence-electron chi connectivity index (χ4n) is 7.82. The maximum absolute atomic E-state index is 4.26. The number of hydrogen-bond acceptors (Lipinski definition) is 0. The maximum Gasteiger partial charge on any atom is 0.112 e. The van der Waals surface area contributed by atoms with E-state index in [1.807, 2.05) is 0 Å². The highest BCUT2D eigenvalue weighted by atomic mass is 15.1. The van der Waals surface area contributed by atoms with Crippen LogP contribution >= 0.6 is 0 Å². The van der Waals surface area contributed by atoms with Crippen molar-refractivity contribution in [2.45, 2.75) is 77.0 Å². The predicted octanol–water partition coefficient (Wildman–Crippen LogP) is 7.42. The number of hydrogen-bond donors (Lipinski definition) is 0. The second-order valence-corrected chi connectivity index (χ2v) is 11.2. The van der Waals surface area contributed by atoms with Gasteiger partial charge in [0.15, 0.2) is 0 Å². The van der Waals surface area contributed by atoms with Crippen molar-refractivity contribution in [2.24, 2.45) is 23.7 Å². The fraction of sp³-hybridized carbons (Fsp3) is 0.552. The topological polar surface area (TPSA) is 3.01 Å². The van der Waals surface area contributed by atoms with E-state index in [0.717, 1.165) is 23.7 Å². The molecule has 30 heavy (non-hydrogen) atoms. The maximum atomic E-state index is 4.26. The molecule has 0 radical (unpaired) electrons. The molecule has 156 valence electrons. The average molecular weight is 398 g/mol. The minimum Gasteiger partial charge on any atom is -0.323 e. The second-order valence-electron chi connectivity index (χ2n) is 11.2. The highest BCUT2D eigenvalue weighted by molar-refractivity contribution is 5.91. The van der Waals surface area contributed by atoms with Crippen LogP contribution < -0.4 is 4.58 Å². The van der Waals surface area contributed by atoms with Gasteiger partial charge in [0.05, 0.1) is 0 Å². The van der Waals surface area contributed by atoms with Crippen LogP contribution in [-0.4, -0.2) is 6.21 Å². The number of rotatable bonds is 3. The smallest absolute Gasteiger partial charge is 0.112 e. The van der Waals surface area contributed by atoms with Crippen LogP contribution in [0.25, 0.3) is 0 Å². The first-order valence-corrected chi connectivity index (χ1v) is 12.3. The minimum absolute atomic E-state index is 0.141. The molecule has 2 aromatic rings. The van der Waals surface area contributed by atoms with Crippen molar-refractivity contribution in [1.82, 2.24) is 4.58 Å². The van der Waals surface area contributed by atoms with Gasteiger partial charge in [-0.2, -0.15) is 0 Å². The normalized spacial score (nSPS) is 33.6. The summed E-state index contributed by atoms with van der Waals surface area (Å²) < 4.78 is 2.53. The van der Waals surface area contributed by atoms with Crippen LogP contribution in [0, 0.1) is 23.7 Å². The Morgan fingerprint density at radius 2 is 1.33 bits per heavy atom. The molecule has 0 saturated heterocycles. The van der Waals surface area contributed by atoms with Gasteiger partial charge >= 0.3 is 0 Å². The lowest BCUT2D eigenvalue weighted by Crippen LogP contribution is -2.55. The first kappa shape index (κ1) is 18.8. The highest BCUT2D eigenvalue weighted by Gasteiger charge is 2.59. The summed E-state index contributed by atoms with van der Waals surface area (Å²) in [6.45, 7) is 9.35. The van der Waals surface area contributed by atoms with Gasteiger partial charge in [0, 0.05) is 5.41 Å². The third-order valence-electron chi connectivity index (χ3n) is 8.88. The second kappa shape index (κ2) is 6.55. The summed E-state index contributed by atoms with van der Waals surface area (Å²) in [6.07, 6.45) is 11.4. The summed E-state index contributed by atoms with van der Waals surface area (Å²) in [6, 6.07) is 16.3. The van der Waals surface area contributed by atoms with Gasteiger partial charge in [-0.05, 0) is 90.4 Å².